The number of amides is 3. The van der Waals surface area contributed by atoms with Crippen LogP contribution in [0.25, 0.3) is 0 Å². The summed E-state index contributed by atoms with van der Waals surface area (Å²) in [7, 11) is 0. The molecule has 0 aliphatic carbocycles. The second kappa shape index (κ2) is 6.94. The van der Waals surface area contributed by atoms with E-state index in [0.29, 0.717) is 4.60 Å². The Morgan fingerprint density at radius 1 is 1.15 bits per heavy atom. The fraction of sp³-hybridized carbons (Fsp3) is 0.188. The van der Waals surface area contributed by atoms with E-state index in [0.717, 1.165) is 22.6 Å². The molecule has 1 aliphatic heterocycles. The first-order valence-corrected chi connectivity index (χ1v) is 8.10. The van der Waals surface area contributed by atoms with Crippen molar-refractivity contribution in [3.8, 4) is 5.75 Å². The summed E-state index contributed by atoms with van der Waals surface area (Å²) in [4.78, 5) is 31.0. The van der Waals surface area contributed by atoms with Crippen molar-refractivity contribution in [1.29, 1.82) is 0 Å². The third-order valence-electron chi connectivity index (χ3n) is 3.53. The molecule has 0 spiro atoms. The average Bonchev–Trinajstić information content (AvgIpc) is 2.81. The van der Waals surface area contributed by atoms with Crippen LogP contribution in [0.3, 0.4) is 0 Å². The molecular weight excluding hydrogens is 419 g/mol. The van der Waals surface area contributed by atoms with Crippen molar-refractivity contribution in [3.63, 3.8) is 0 Å². The summed E-state index contributed by atoms with van der Waals surface area (Å²) in [5.74, 6) is -0.897. The normalized spacial score (nSPS) is 14.9. The summed E-state index contributed by atoms with van der Waals surface area (Å²) < 4.78 is 41.0. The van der Waals surface area contributed by atoms with Gasteiger partial charge in [0, 0.05) is 12.7 Å². The van der Waals surface area contributed by atoms with Crippen molar-refractivity contribution in [1.82, 2.24) is 9.88 Å². The third-order valence-corrected chi connectivity index (χ3v) is 3.96. The van der Waals surface area contributed by atoms with E-state index >= 15 is 0 Å². The molecule has 1 aromatic carbocycles. The van der Waals surface area contributed by atoms with Gasteiger partial charge < -0.3 is 9.64 Å². The monoisotopic (exact) mass is 429 g/mol. The number of carbonyl (C=O) groups excluding carboxylic acids is 2. The topological polar surface area (TPSA) is 62.7 Å². The van der Waals surface area contributed by atoms with Crippen LogP contribution in [0.1, 0.15) is 5.56 Å². The van der Waals surface area contributed by atoms with Gasteiger partial charge in [-0.2, -0.15) is 0 Å². The predicted octanol–water partition coefficient (Wildman–Crippen LogP) is 3.71. The number of hydrogen-bond donors (Lipinski definition) is 0. The van der Waals surface area contributed by atoms with E-state index in [2.05, 4.69) is 25.7 Å². The highest BCUT2D eigenvalue weighted by Gasteiger charge is 2.37. The lowest BCUT2D eigenvalue weighted by Gasteiger charge is -2.17. The number of anilines is 1. The second-order valence-electron chi connectivity index (χ2n) is 5.40. The summed E-state index contributed by atoms with van der Waals surface area (Å²) in [6.07, 6.45) is -3.24. The molecule has 2 aromatic rings. The fourth-order valence-electron chi connectivity index (χ4n) is 2.49. The van der Waals surface area contributed by atoms with E-state index in [1.807, 2.05) is 0 Å². The Balaban J connectivity index is 1.74. The number of pyridine rings is 1. The number of benzene rings is 1. The van der Waals surface area contributed by atoms with Crippen LogP contribution in [0.4, 0.5) is 23.7 Å². The summed E-state index contributed by atoms with van der Waals surface area (Å²) in [6, 6.07) is 7.44. The van der Waals surface area contributed by atoms with Crippen LogP contribution in [0, 0.1) is 0 Å². The van der Waals surface area contributed by atoms with Crippen molar-refractivity contribution in [2.75, 3.05) is 11.4 Å². The SMILES string of the molecule is O=C1CN(Cc2ccnc(Br)c2)C(=O)N1c1ccc(OC(F)(F)F)cc1. The van der Waals surface area contributed by atoms with Crippen molar-refractivity contribution in [2.45, 2.75) is 12.9 Å². The molecule has 1 saturated heterocycles. The molecule has 1 fully saturated rings. The molecule has 3 rings (SSSR count). The van der Waals surface area contributed by atoms with E-state index < -0.39 is 24.1 Å². The lowest BCUT2D eigenvalue weighted by Crippen LogP contribution is -2.32. The fourth-order valence-corrected chi connectivity index (χ4v) is 2.90. The first-order valence-electron chi connectivity index (χ1n) is 7.31. The van der Waals surface area contributed by atoms with E-state index in [-0.39, 0.29) is 18.8 Å². The van der Waals surface area contributed by atoms with Crippen molar-refractivity contribution < 1.29 is 27.5 Å². The van der Waals surface area contributed by atoms with Crippen LogP contribution in [-0.4, -0.2) is 34.7 Å². The van der Waals surface area contributed by atoms with Gasteiger partial charge in [0.1, 0.15) is 16.9 Å². The highest BCUT2D eigenvalue weighted by molar-refractivity contribution is 9.10. The molecular formula is C16H11BrF3N3O3. The first kappa shape index (κ1) is 18.2. The van der Waals surface area contributed by atoms with Gasteiger partial charge in [0.2, 0.25) is 0 Å². The molecule has 0 N–H and O–H groups in total. The number of alkyl halides is 3. The minimum Gasteiger partial charge on any atom is -0.406 e. The number of imide groups is 1. The Morgan fingerprint density at radius 2 is 1.85 bits per heavy atom. The van der Waals surface area contributed by atoms with Crippen LogP contribution < -0.4 is 9.64 Å². The quantitative estimate of drug-likeness (QED) is 0.548. The second-order valence-corrected chi connectivity index (χ2v) is 6.21. The van der Waals surface area contributed by atoms with Gasteiger partial charge in [-0.3, -0.25) is 4.79 Å². The number of carbonyl (C=O) groups is 2. The molecule has 3 amide bonds. The molecule has 1 aliphatic rings. The minimum atomic E-state index is -4.81. The number of aromatic nitrogens is 1. The zero-order valence-electron chi connectivity index (χ0n) is 13.0. The van der Waals surface area contributed by atoms with Crippen molar-refractivity contribution in [2.24, 2.45) is 0 Å². The van der Waals surface area contributed by atoms with Gasteiger partial charge in [-0.05, 0) is 57.9 Å². The molecule has 26 heavy (non-hydrogen) atoms. The molecule has 0 saturated carbocycles. The molecule has 136 valence electrons. The van der Waals surface area contributed by atoms with Crippen LogP contribution in [0.5, 0.6) is 5.75 Å². The lowest BCUT2D eigenvalue weighted by atomic mass is 10.2. The Bertz CT molecular complexity index is 843. The Labute approximate surface area is 154 Å². The molecule has 0 atom stereocenters. The van der Waals surface area contributed by atoms with Gasteiger partial charge in [-0.25, -0.2) is 14.7 Å². The molecule has 0 bridgehead atoms. The van der Waals surface area contributed by atoms with E-state index in [9.17, 15) is 22.8 Å². The molecule has 0 unspecified atom stereocenters. The third kappa shape index (κ3) is 4.13. The zero-order valence-corrected chi connectivity index (χ0v) is 14.6. The summed E-state index contributed by atoms with van der Waals surface area (Å²) in [5, 5.41) is 0. The number of halogens is 4. The predicted molar refractivity (Wildman–Crippen MR) is 88.4 cm³/mol. The summed E-state index contributed by atoms with van der Waals surface area (Å²) in [6.45, 7) is 0.0804. The Hall–Kier alpha value is -2.62. The highest BCUT2D eigenvalue weighted by Crippen LogP contribution is 2.28. The van der Waals surface area contributed by atoms with Gasteiger partial charge in [-0.15, -0.1) is 13.2 Å². The molecule has 2 heterocycles. The van der Waals surface area contributed by atoms with E-state index in [1.54, 1.807) is 18.3 Å². The standard InChI is InChI=1S/C16H11BrF3N3O3/c17-13-7-10(5-6-21-13)8-22-9-14(24)23(15(22)25)11-1-3-12(4-2-11)26-16(18,19)20/h1-7H,8-9H2. The maximum absolute atomic E-state index is 12.5. The Kier molecular flexibility index (Phi) is 4.86. The summed E-state index contributed by atoms with van der Waals surface area (Å²) >= 11 is 3.23. The van der Waals surface area contributed by atoms with Crippen LogP contribution in [0.2, 0.25) is 0 Å². The lowest BCUT2D eigenvalue weighted by molar-refractivity contribution is -0.274. The highest BCUT2D eigenvalue weighted by atomic mass is 79.9. The maximum atomic E-state index is 12.5. The van der Waals surface area contributed by atoms with Gasteiger partial charge in [0.05, 0.1) is 5.69 Å². The average molecular weight is 430 g/mol. The number of hydrogen-bond acceptors (Lipinski definition) is 4. The van der Waals surface area contributed by atoms with Gasteiger partial charge >= 0.3 is 12.4 Å². The first-order chi connectivity index (χ1) is 12.2. The number of rotatable bonds is 4. The van der Waals surface area contributed by atoms with Crippen LogP contribution in [-0.2, 0) is 11.3 Å². The largest absolute Gasteiger partial charge is 0.573 e. The number of urea groups is 1. The molecule has 10 heteroatoms. The number of nitrogens with zero attached hydrogens (tertiary/aromatic N) is 3. The number of ether oxygens (including phenoxy) is 1. The van der Waals surface area contributed by atoms with Gasteiger partial charge in [0.15, 0.2) is 0 Å². The summed E-state index contributed by atoms with van der Waals surface area (Å²) in [5.41, 5.74) is 0.955. The van der Waals surface area contributed by atoms with Gasteiger partial charge in [0.25, 0.3) is 5.91 Å². The van der Waals surface area contributed by atoms with Crippen LogP contribution >= 0.6 is 15.9 Å². The van der Waals surface area contributed by atoms with Crippen molar-refractivity contribution in [3.05, 3.63) is 52.8 Å². The molecule has 0 radical (unpaired) electrons. The van der Waals surface area contributed by atoms with Gasteiger partial charge in [-0.1, -0.05) is 0 Å². The molecule has 6 nitrogen and oxygen atoms in total. The smallest absolute Gasteiger partial charge is 0.406 e. The van der Waals surface area contributed by atoms with Crippen LogP contribution in [0.15, 0.2) is 47.2 Å². The minimum absolute atomic E-state index is 0.125. The van der Waals surface area contributed by atoms with Crippen molar-refractivity contribution >= 4 is 33.6 Å². The maximum Gasteiger partial charge on any atom is 0.573 e. The zero-order chi connectivity index (χ0) is 18.9. The molecule has 1 aromatic heterocycles. The van der Waals surface area contributed by atoms with E-state index in [1.165, 1.54) is 17.0 Å². The Morgan fingerprint density at radius 3 is 2.46 bits per heavy atom. The van der Waals surface area contributed by atoms with E-state index in [4.69, 9.17) is 0 Å².